The largest absolute Gasteiger partial charge is 0.484 e. The first-order valence-corrected chi connectivity index (χ1v) is 11.5. The lowest BCUT2D eigenvalue weighted by Gasteiger charge is -2.11. The number of carbonyl (C=O) groups excluding carboxylic acids is 1. The van der Waals surface area contributed by atoms with Gasteiger partial charge < -0.3 is 14.5 Å². The molecule has 0 unspecified atom stereocenters. The van der Waals surface area contributed by atoms with Crippen LogP contribution in [-0.2, 0) is 4.79 Å². The minimum Gasteiger partial charge on any atom is -0.484 e. The van der Waals surface area contributed by atoms with Gasteiger partial charge in [0.05, 0.1) is 0 Å². The van der Waals surface area contributed by atoms with E-state index in [1.807, 2.05) is 42.5 Å². The van der Waals surface area contributed by atoms with Gasteiger partial charge >= 0.3 is 0 Å². The zero-order valence-electron chi connectivity index (χ0n) is 19.6. The van der Waals surface area contributed by atoms with Gasteiger partial charge in [-0.05, 0) is 77.9 Å². The summed E-state index contributed by atoms with van der Waals surface area (Å²) in [6.07, 6.45) is 1.09. The molecule has 0 saturated heterocycles. The topological polar surface area (TPSA) is 64.4 Å². The third-order valence-corrected chi connectivity index (χ3v) is 5.93. The second-order valence-electron chi connectivity index (χ2n) is 8.69. The molecule has 1 heterocycles. The van der Waals surface area contributed by atoms with E-state index in [-0.39, 0.29) is 12.5 Å². The summed E-state index contributed by atoms with van der Waals surface area (Å²) in [5.74, 6) is 1.98. The summed E-state index contributed by atoms with van der Waals surface area (Å²) in [4.78, 5) is 16.9. The highest BCUT2D eigenvalue weighted by Gasteiger charge is 2.11. The number of hydrogen-bond acceptors (Lipinski definition) is 4. The first-order chi connectivity index (χ1) is 15.9. The highest BCUT2D eigenvalue weighted by molar-refractivity contribution is 5.92. The number of hydrogen-bond donors (Lipinski definition) is 1. The predicted molar refractivity (Wildman–Crippen MR) is 133 cm³/mol. The number of anilines is 1. The molecule has 1 amide bonds. The van der Waals surface area contributed by atoms with Crippen LogP contribution in [0.25, 0.3) is 22.6 Å². The average Bonchev–Trinajstić information content (AvgIpc) is 3.26. The van der Waals surface area contributed by atoms with E-state index < -0.39 is 0 Å². The van der Waals surface area contributed by atoms with Crippen molar-refractivity contribution in [3.05, 3.63) is 77.9 Å². The van der Waals surface area contributed by atoms with Crippen molar-refractivity contribution in [2.24, 2.45) is 0 Å². The minimum absolute atomic E-state index is 0.0479. The molecule has 0 bridgehead atoms. The van der Waals surface area contributed by atoms with Gasteiger partial charge in [0.25, 0.3) is 5.91 Å². The molecule has 4 aromatic rings. The SMILES string of the molecule is CC[C@H](C)c1ccc(OCC(=O)Nc2ccc(-c3nc4cc(C(C)C)ccc4o3)cc2)cc1. The Kier molecular flexibility index (Phi) is 6.78. The van der Waals surface area contributed by atoms with Crippen LogP contribution >= 0.6 is 0 Å². The Balaban J connectivity index is 1.35. The van der Waals surface area contributed by atoms with Crippen molar-refractivity contribution in [1.29, 1.82) is 0 Å². The third-order valence-electron chi connectivity index (χ3n) is 5.93. The van der Waals surface area contributed by atoms with Gasteiger partial charge in [0, 0.05) is 11.3 Å². The quantitative estimate of drug-likeness (QED) is 0.315. The molecule has 0 aliphatic heterocycles. The molecule has 170 valence electrons. The average molecular weight is 443 g/mol. The summed E-state index contributed by atoms with van der Waals surface area (Å²) in [5, 5.41) is 2.86. The van der Waals surface area contributed by atoms with Gasteiger partial charge in [0.1, 0.15) is 11.3 Å². The van der Waals surface area contributed by atoms with Gasteiger partial charge in [-0.2, -0.15) is 0 Å². The summed E-state index contributed by atoms with van der Waals surface area (Å²) in [5.41, 5.74) is 5.66. The first-order valence-electron chi connectivity index (χ1n) is 11.5. The smallest absolute Gasteiger partial charge is 0.262 e. The molecule has 0 saturated carbocycles. The lowest BCUT2D eigenvalue weighted by molar-refractivity contribution is -0.118. The van der Waals surface area contributed by atoms with Crippen LogP contribution in [-0.4, -0.2) is 17.5 Å². The summed E-state index contributed by atoms with van der Waals surface area (Å²) in [6, 6.07) is 21.5. The second-order valence-corrected chi connectivity index (χ2v) is 8.69. The Morgan fingerprint density at radius 1 is 0.970 bits per heavy atom. The van der Waals surface area contributed by atoms with Crippen LogP contribution in [0.5, 0.6) is 5.75 Å². The number of nitrogens with zero attached hydrogens (tertiary/aromatic N) is 1. The summed E-state index contributed by atoms with van der Waals surface area (Å²) in [7, 11) is 0. The molecule has 4 rings (SSSR count). The van der Waals surface area contributed by atoms with E-state index in [1.165, 1.54) is 11.1 Å². The molecule has 0 aliphatic carbocycles. The molecular formula is C28H30N2O3. The Labute approximate surface area is 194 Å². The van der Waals surface area contributed by atoms with E-state index >= 15 is 0 Å². The van der Waals surface area contributed by atoms with Gasteiger partial charge in [-0.25, -0.2) is 4.98 Å². The molecule has 33 heavy (non-hydrogen) atoms. The number of nitrogens with one attached hydrogen (secondary N) is 1. The Morgan fingerprint density at radius 3 is 2.33 bits per heavy atom. The highest BCUT2D eigenvalue weighted by Crippen LogP contribution is 2.28. The van der Waals surface area contributed by atoms with Gasteiger partial charge in [-0.1, -0.05) is 45.9 Å². The van der Waals surface area contributed by atoms with E-state index in [0.717, 1.165) is 23.1 Å². The number of fused-ring (bicyclic) bond motifs is 1. The van der Waals surface area contributed by atoms with E-state index in [0.29, 0.717) is 29.2 Å². The maximum absolute atomic E-state index is 12.3. The molecule has 1 atom stereocenters. The van der Waals surface area contributed by atoms with Gasteiger partial charge in [-0.15, -0.1) is 0 Å². The maximum Gasteiger partial charge on any atom is 0.262 e. The van der Waals surface area contributed by atoms with Crippen LogP contribution in [0.15, 0.2) is 71.1 Å². The minimum atomic E-state index is -0.211. The fourth-order valence-corrected chi connectivity index (χ4v) is 3.60. The number of ether oxygens (including phenoxy) is 1. The normalized spacial score (nSPS) is 12.2. The number of oxazole rings is 1. The van der Waals surface area contributed by atoms with Gasteiger partial charge in [-0.3, -0.25) is 4.79 Å². The Bertz CT molecular complexity index is 1220. The van der Waals surface area contributed by atoms with Crippen molar-refractivity contribution in [1.82, 2.24) is 4.98 Å². The van der Waals surface area contributed by atoms with Crippen molar-refractivity contribution in [3.8, 4) is 17.2 Å². The Hall–Kier alpha value is -3.60. The lowest BCUT2D eigenvalue weighted by atomic mass is 9.99. The van der Waals surface area contributed by atoms with Crippen LogP contribution in [0.4, 0.5) is 5.69 Å². The van der Waals surface area contributed by atoms with Crippen molar-refractivity contribution in [3.63, 3.8) is 0 Å². The Morgan fingerprint density at radius 2 is 1.67 bits per heavy atom. The molecule has 0 fully saturated rings. The fraction of sp³-hybridized carbons (Fsp3) is 0.286. The molecule has 1 N–H and O–H groups in total. The van der Waals surface area contributed by atoms with Crippen molar-refractivity contribution < 1.29 is 13.9 Å². The number of carbonyl (C=O) groups is 1. The molecule has 5 heteroatoms. The highest BCUT2D eigenvalue weighted by atomic mass is 16.5. The summed E-state index contributed by atoms with van der Waals surface area (Å²) >= 11 is 0. The third kappa shape index (κ3) is 5.43. The van der Waals surface area contributed by atoms with Gasteiger partial charge in [0.15, 0.2) is 12.2 Å². The standard InChI is InChI=1S/C28H30N2O3/c1-5-19(4)20-8-13-24(14-9-20)32-17-27(31)29-23-11-6-21(7-12-23)28-30-25-16-22(18(2)3)10-15-26(25)33-28/h6-16,18-19H,5,17H2,1-4H3,(H,29,31)/t19-/m0/s1. The number of benzene rings is 3. The molecule has 3 aromatic carbocycles. The monoisotopic (exact) mass is 442 g/mol. The van der Waals surface area contributed by atoms with Crippen molar-refractivity contribution in [2.45, 2.75) is 46.0 Å². The zero-order valence-corrected chi connectivity index (χ0v) is 19.6. The fourth-order valence-electron chi connectivity index (χ4n) is 3.60. The second kappa shape index (κ2) is 9.90. The van der Waals surface area contributed by atoms with Crippen LogP contribution in [0.2, 0.25) is 0 Å². The molecule has 0 radical (unpaired) electrons. The van der Waals surface area contributed by atoms with Crippen molar-refractivity contribution in [2.75, 3.05) is 11.9 Å². The summed E-state index contributed by atoms with van der Waals surface area (Å²) < 4.78 is 11.5. The van der Waals surface area contributed by atoms with E-state index in [4.69, 9.17) is 9.15 Å². The first kappa shape index (κ1) is 22.6. The van der Waals surface area contributed by atoms with E-state index in [9.17, 15) is 4.79 Å². The number of aromatic nitrogens is 1. The zero-order chi connectivity index (χ0) is 23.4. The van der Waals surface area contributed by atoms with Crippen molar-refractivity contribution >= 4 is 22.7 Å². The molecule has 0 aliphatic rings. The van der Waals surface area contributed by atoms with E-state index in [1.54, 1.807) is 0 Å². The van der Waals surface area contributed by atoms with Crippen LogP contribution in [0.1, 0.15) is 57.1 Å². The molecule has 0 spiro atoms. The van der Waals surface area contributed by atoms with Crippen LogP contribution in [0.3, 0.4) is 0 Å². The molecule has 1 aromatic heterocycles. The summed E-state index contributed by atoms with van der Waals surface area (Å²) in [6.45, 7) is 8.63. The van der Waals surface area contributed by atoms with E-state index in [2.05, 4.69) is 62.3 Å². The molecule has 5 nitrogen and oxygen atoms in total. The maximum atomic E-state index is 12.3. The number of rotatable bonds is 8. The molecular weight excluding hydrogens is 412 g/mol. The lowest BCUT2D eigenvalue weighted by Crippen LogP contribution is -2.20. The predicted octanol–water partition coefficient (Wildman–Crippen LogP) is 7.15. The number of amides is 1. The van der Waals surface area contributed by atoms with Gasteiger partial charge in [0.2, 0.25) is 5.89 Å². The van der Waals surface area contributed by atoms with Crippen LogP contribution in [0, 0.1) is 0 Å². The van der Waals surface area contributed by atoms with Crippen LogP contribution < -0.4 is 10.1 Å².